The molecule has 0 radical (unpaired) electrons. The molecule has 122 valence electrons. The Balaban J connectivity index is 0.00000192. The highest BCUT2D eigenvalue weighted by Gasteiger charge is 2.15. The molecule has 1 atom stereocenters. The molecule has 1 saturated heterocycles. The molecule has 3 rings (SSSR count). The van der Waals surface area contributed by atoms with Crippen LogP contribution in [0.15, 0.2) is 48.5 Å². The summed E-state index contributed by atoms with van der Waals surface area (Å²) in [6.07, 6.45) is 2.45. The van der Waals surface area contributed by atoms with Crippen LogP contribution in [0.1, 0.15) is 34.7 Å². The van der Waals surface area contributed by atoms with Crippen LogP contribution in [0.4, 0.5) is 5.69 Å². The highest BCUT2D eigenvalue weighted by atomic mass is 35.5. The number of carbonyl (C=O) groups excluding carboxylic acids is 1. The minimum Gasteiger partial charge on any atom is -0.322 e. The van der Waals surface area contributed by atoms with Crippen LogP contribution < -0.4 is 10.6 Å². The van der Waals surface area contributed by atoms with Crippen molar-refractivity contribution in [2.45, 2.75) is 18.8 Å². The fraction of sp³-hybridized carbons (Fsp3) is 0.278. The maximum Gasteiger partial charge on any atom is 0.255 e. The summed E-state index contributed by atoms with van der Waals surface area (Å²) >= 11 is 5.83. The van der Waals surface area contributed by atoms with E-state index in [-0.39, 0.29) is 18.3 Å². The van der Waals surface area contributed by atoms with Crippen molar-refractivity contribution in [1.29, 1.82) is 0 Å². The summed E-state index contributed by atoms with van der Waals surface area (Å²) in [7, 11) is 0. The van der Waals surface area contributed by atoms with E-state index in [2.05, 4.69) is 22.8 Å². The third-order valence-electron chi connectivity index (χ3n) is 4.04. The van der Waals surface area contributed by atoms with Crippen molar-refractivity contribution in [3.05, 3.63) is 64.7 Å². The van der Waals surface area contributed by atoms with E-state index in [9.17, 15) is 4.79 Å². The molecule has 0 saturated carbocycles. The summed E-state index contributed by atoms with van der Waals surface area (Å²) in [5.74, 6) is 0.457. The number of nitrogens with one attached hydrogen (secondary N) is 2. The van der Waals surface area contributed by atoms with Gasteiger partial charge in [-0.25, -0.2) is 0 Å². The Morgan fingerprint density at radius 2 is 1.78 bits per heavy atom. The van der Waals surface area contributed by atoms with Gasteiger partial charge in [0, 0.05) is 22.8 Å². The molecule has 3 nitrogen and oxygen atoms in total. The van der Waals surface area contributed by atoms with Crippen LogP contribution >= 0.6 is 24.0 Å². The first kappa shape index (κ1) is 17.8. The molecule has 1 amide bonds. The first-order chi connectivity index (χ1) is 10.7. The van der Waals surface area contributed by atoms with Crippen LogP contribution in [0, 0.1) is 0 Å². The first-order valence-corrected chi connectivity index (χ1v) is 7.98. The molecule has 0 aliphatic carbocycles. The van der Waals surface area contributed by atoms with E-state index in [4.69, 9.17) is 11.6 Å². The normalized spacial score (nSPS) is 17.2. The Hall–Kier alpha value is -1.55. The standard InChI is InChI=1S/C18H19ClN2O.ClH/c19-16-7-3-14(4-8-16)18(22)21-17-9-5-13(6-10-17)15-2-1-11-20-12-15;/h3-10,15,20H,1-2,11-12H2,(H,21,22);1H. The van der Waals surface area contributed by atoms with Crippen LogP contribution in [0.5, 0.6) is 0 Å². The third kappa shape index (κ3) is 4.71. The van der Waals surface area contributed by atoms with E-state index in [0.29, 0.717) is 16.5 Å². The second-order valence-corrected chi connectivity index (χ2v) is 6.06. The van der Waals surface area contributed by atoms with Crippen LogP contribution in [0.2, 0.25) is 5.02 Å². The molecule has 0 bridgehead atoms. The molecule has 2 aromatic rings. The van der Waals surface area contributed by atoms with E-state index in [1.165, 1.54) is 18.4 Å². The summed E-state index contributed by atoms with van der Waals surface area (Å²) in [5, 5.41) is 6.96. The highest BCUT2D eigenvalue weighted by molar-refractivity contribution is 6.30. The summed E-state index contributed by atoms with van der Waals surface area (Å²) in [4.78, 5) is 12.1. The SMILES string of the molecule is Cl.O=C(Nc1ccc(C2CCCNC2)cc1)c1ccc(Cl)cc1. The average Bonchev–Trinajstić information content (AvgIpc) is 2.57. The molecule has 1 fully saturated rings. The fourth-order valence-electron chi connectivity index (χ4n) is 2.78. The number of piperidine rings is 1. The minimum absolute atomic E-state index is 0. The zero-order valence-electron chi connectivity index (χ0n) is 12.7. The summed E-state index contributed by atoms with van der Waals surface area (Å²) in [6.45, 7) is 2.15. The molecule has 1 unspecified atom stereocenters. The Bertz CT molecular complexity index is 635. The molecular formula is C18H20Cl2N2O. The second kappa shape index (κ2) is 8.34. The lowest BCUT2D eigenvalue weighted by Crippen LogP contribution is -2.28. The van der Waals surface area contributed by atoms with Crippen molar-refractivity contribution in [3.63, 3.8) is 0 Å². The van der Waals surface area contributed by atoms with Crippen molar-refractivity contribution in [1.82, 2.24) is 5.32 Å². The predicted molar refractivity (Wildman–Crippen MR) is 97.9 cm³/mol. The molecule has 1 aliphatic rings. The van der Waals surface area contributed by atoms with Crippen LogP contribution in [0.3, 0.4) is 0 Å². The van der Waals surface area contributed by atoms with Crippen molar-refractivity contribution in [3.8, 4) is 0 Å². The molecule has 0 spiro atoms. The number of carbonyl (C=O) groups is 1. The molecule has 0 aromatic heterocycles. The molecule has 5 heteroatoms. The van der Waals surface area contributed by atoms with Gasteiger partial charge in [0.05, 0.1) is 0 Å². The lowest BCUT2D eigenvalue weighted by molar-refractivity contribution is 0.102. The van der Waals surface area contributed by atoms with Crippen LogP contribution in [0.25, 0.3) is 0 Å². The molecule has 1 aliphatic heterocycles. The minimum atomic E-state index is -0.122. The van der Waals surface area contributed by atoms with Crippen LogP contribution in [-0.4, -0.2) is 19.0 Å². The number of hydrogen-bond acceptors (Lipinski definition) is 2. The Kier molecular flexibility index (Phi) is 6.46. The van der Waals surface area contributed by atoms with Gasteiger partial charge >= 0.3 is 0 Å². The second-order valence-electron chi connectivity index (χ2n) is 5.63. The van der Waals surface area contributed by atoms with Gasteiger partial charge in [-0.05, 0) is 67.3 Å². The topological polar surface area (TPSA) is 41.1 Å². The van der Waals surface area contributed by atoms with Gasteiger partial charge in [-0.15, -0.1) is 12.4 Å². The van der Waals surface area contributed by atoms with Crippen molar-refractivity contribution in [2.75, 3.05) is 18.4 Å². The summed E-state index contributed by atoms with van der Waals surface area (Å²) in [6, 6.07) is 15.0. The fourth-order valence-corrected chi connectivity index (χ4v) is 2.91. The lowest BCUT2D eigenvalue weighted by Gasteiger charge is -2.23. The highest BCUT2D eigenvalue weighted by Crippen LogP contribution is 2.24. The van der Waals surface area contributed by atoms with Gasteiger partial charge in [0.1, 0.15) is 0 Å². The number of anilines is 1. The zero-order valence-corrected chi connectivity index (χ0v) is 14.3. The largest absolute Gasteiger partial charge is 0.322 e. The van der Waals surface area contributed by atoms with E-state index >= 15 is 0 Å². The summed E-state index contributed by atoms with van der Waals surface area (Å²) in [5.41, 5.74) is 2.74. The Morgan fingerprint density at radius 1 is 1.09 bits per heavy atom. The lowest BCUT2D eigenvalue weighted by atomic mass is 9.91. The number of benzene rings is 2. The first-order valence-electron chi connectivity index (χ1n) is 7.60. The molecular weight excluding hydrogens is 331 g/mol. The Labute approximate surface area is 147 Å². The van der Waals surface area contributed by atoms with E-state index in [0.717, 1.165) is 18.8 Å². The zero-order chi connectivity index (χ0) is 15.4. The molecule has 2 N–H and O–H groups in total. The monoisotopic (exact) mass is 350 g/mol. The maximum absolute atomic E-state index is 12.1. The molecule has 2 aromatic carbocycles. The average molecular weight is 351 g/mol. The van der Waals surface area contributed by atoms with E-state index in [1.54, 1.807) is 24.3 Å². The van der Waals surface area contributed by atoms with Crippen molar-refractivity contribution in [2.24, 2.45) is 0 Å². The third-order valence-corrected chi connectivity index (χ3v) is 4.30. The molecule has 23 heavy (non-hydrogen) atoms. The number of amides is 1. The van der Waals surface area contributed by atoms with Crippen molar-refractivity contribution >= 4 is 35.6 Å². The van der Waals surface area contributed by atoms with E-state index < -0.39 is 0 Å². The molecule has 1 heterocycles. The Morgan fingerprint density at radius 3 is 2.39 bits per heavy atom. The van der Waals surface area contributed by atoms with E-state index in [1.807, 2.05) is 12.1 Å². The van der Waals surface area contributed by atoms with Crippen molar-refractivity contribution < 1.29 is 4.79 Å². The number of rotatable bonds is 3. The quantitative estimate of drug-likeness (QED) is 0.856. The van der Waals surface area contributed by atoms with Crippen LogP contribution in [-0.2, 0) is 0 Å². The summed E-state index contributed by atoms with van der Waals surface area (Å²) < 4.78 is 0. The number of hydrogen-bond donors (Lipinski definition) is 2. The van der Waals surface area contributed by atoms with Gasteiger partial charge < -0.3 is 10.6 Å². The van der Waals surface area contributed by atoms with Gasteiger partial charge in [-0.1, -0.05) is 23.7 Å². The van der Waals surface area contributed by atoms with Gasteiger partial charge in [0.15, 0.2) is 0 Å². The van der Waals surface area contributed by atoms with Gasteiger partial charge in [-0.3, -0.25) is 4.79 Å². The van der Waals surface area contributed by atoms with Gasteiger partial charge in [-0.2, -0.15) is 0 Å². The number of halogens is 2. The smallest absolute Gasteiger partial charge is 0.255 e. The maximum atomic E-state index is 12.1. The van der Waals surface area contributed by atoms with Gasteiger partial charge in [0.25, 0.3) is 5.91 Å². The van der Waals surface area contributed by atoms with Gasteiger partial charge in [0.2, 0.25) is 0 Å². The predicted octanol–water partition coefficient (Wildman–Crippen LogP) is 4.48.